The molecular weight excluding hydrogens is 389 g/mol. The van der Waals surface area contributed by atoms with Gasteiger partial charge in [0.25, 0.3) is 0 Å². The third kappa shape index (κ3) is 4.73. The highest BCUT2D eigenvalue weighted by Crippen LogP contribution is 2.17. The van der Waals surface area contributed by atoms with E-state index in [0.717, 1.165) is 29.2 Å². The van der Waals surface area contributed by atoms with E-state index >= 15 is 0 Å². The maximum absolute atomic E-state index is 13.7. The Morgan fingerprint density at radius 2 is 2.12 bits per heavy atom. The lowest BCUT2D eigenvalue weighted by Gasteiger charge is -2.33. The summed E-state index contributed by atoms with van der Waals surface area (Å²) in [5.74, 6) is 1.11. The zero-order valence-corrected chi connectivity index (χ0v) is 15.5. The molecule has 25 heavy (non-hydrogen) atoms. The topological polar surface area (TPSA) is 65.1 Å². The summed E-state index contributed by atoms with van der Waals surface area (Å²) >= 11 is 3.30. The van der Waals surface area contributed by atoms with Crippen LogP contribution in [0.15, 0.2) is 28.7 Å². The Labute approximate surface area is 153 Å². The lowest BCUT2D eigenvalue weighted by atomic mass is 10.2. The van der Waals surface area contributed by atoms with Crippen molar-refractivity contribution >= 4 is 27.9 Å². The van der Waals surface area contributed by atoms with Gasteiger partial charge in [-0.1, -0.05) is 15.9 Å². The molecule has 1 aliphatic heterocycles. The minimum absolute atomic E-state index is 0.104. The predicted octanol–water partition coefficient (Wildman–Crippen LogP) is 2.37. The normalized spacial score (nSPS) is 15.9. The van der Waals surface area contributed by atoms with Crippen LogP contribution < -0.4 is 0 Å². The number of halogens is 2. The second kappa shape index (κ2) is 7.88. The Morgan fingerprint density at radius 3 is 2.80 bits per heavy atom. The number of nitrogens with zero attached hydrogens (tertiary/aromatic N) is 4. The van der Waals surface area contributed by atoms with Crippen LogP contribution in [0.1, 0.15) is 17.2 Å². The molecule has 0 radical (unpaired) electrons. The number of aryl methyl sites for hydroxylation is 1. The second-order valence-electron chi connectivity index (χ2n) is 5.94. The van der Waals surface area contributed by atoms with E-state index in [2.05, 4.69) is 36.0 Å². The van der Waals surface area contributed by atoms with E-state index in [1.807, 2.05) is 6.92 Å². The number of carbonyl (C=O) groups is 1. The van der Waals surface area contributed by atoms with Crippen molar-refractivity contribution in [3.05, 3.63) is 51.8 Å². The average molecular weight is 408 g/mol. The SMILES string of the molecule is Cc1nc(CN2CCN(C(=O)/C=C/c3cc(Br)ccc3F)CC2)n[nH]1. The molecule has 1 amide bonds. The summed E-state index contributed by atoms with van der Waals surface area (Å²) < 4.78 is 14.5. The molecule has 0 atom stereocenters. The van der Waals surface area contributed by atoms with E-state index in [0.29, 0.717) is 25.2 Å². The molecule has 1 fully saturated rings. The Hall–Kier alpha value is -2.06. The highest BCUT2D eigenvalue weighted by Gasteiger charge is 2.20. The van der Waals surface area contributed by atoms with Crippen LogP contribution in [0.3, 0.4) is 0 Å². The van der Waals surface area contributed by atoms with Crippen molar-refractivity contribution in [3.8, 4) is 0 Å². The minimum atomic E-state index is -0.348. The summed E-state index contributed by atoms with van der Waals surface area (Å²) in [4.78, 5) is 20.6. The van der Waals surface area contributed by atoms with Crippen molar-refractivity contribution in [1.82, 2.24) is 25.0 Å². The van der Waals surface area contributed by atoms with Crippen LogP contribution in [-0.4, -0.2) is 57.1 Å². The smallest absolute Gasteiger partial charge is 0.246 e. The first-order valence-corrected chi connectivity index (χ1v) is 8.83. The monoisotopic (exact) mass is 407 g/mol. The molecular formula is C17H19BrFN5O. The van der Waals surface area contributed by atoms with Gasteiger partial charge in [0.2, 0.25) is 5.91 Å². The van der Waals surface area contributed by atoms with Crippen LogP contribution in [0.4, 0.5) is 4.39 Å². The van der Waals surface area contributed by atoms with Crippen LogP contribution in [-0.2, 0) is 11.3 Å². The molecule has 3 rings (SSSR count). The van der Waals surface area contributed by atoms with Crippen molar-refractivity contribution in [2.75, 3.05) is 26.2 Å². The third-order valence-electron chi connectivity index (χ3n) is 4.06. The average Bonchev–Trinajstić information content (AvgIpc) is 3.01. The third-order valence-corrected chi connectivity index (χ3v) is 4.55. The van der Waals surface area contributed by atoms with Crippen LogP contribution >= 0.6 is 15.9 Å². The fraction of sp³-hybridized carbons (Fsp3) is 0.353. The molecule has 1 aromatic heterocycles. The number of aromatic nitrogens is 3. The number of benzene rings is 1. The summed E-state index contributed by atoms with van der Waals surface area (Å²) in [6.07, 6.45) is 2.95. The highest BCUT2D eigenvalue weighted by molar-refractivity contribution is 9.10. The number of piperazine rings is 1. The van der Waals surface area contributed by atoms with Gasteiger partial charge < -0.3 is 4.90 Å². The fourth-order valence-corrected chi connectivity index (χ4v) is 3.07. The van der Waals surface area contributed by atoms with Crippen molar-refractivity contribution in [2.24, 2.45) is 0 Å². The Bertz CT molecular complexity index is 783. The standard InChI is InChI=1S/C17H19BrFN5O/c1-12-20-16(22-21-12)11-23-6-8-24(9-7-23)17(25)5-2-13-10-14(18)3-4-15(13)19/h2-5,10H,6-9,11H2,1H3,(H,20,21,22)/b5-2+. The molecule has 0 aliphatic carbocycles. The molecule has 1 aromatic carbocycles. The van der Waals surface area contributed by atoms with Crippen molar-refractivity contribution in [2.45, 2.75) is 13.5 Å². The Balaban J connectivity index is 1.52. The number of nitrogens with one attached hydrogen (secondary N) is 1. The molecule has 1 saturated heterocycles. The highest BCUT2D eigenvalue weighted by atomic mass is 79.9. The zero-order chi connectivity index (χ0) is 17.8. The maximum atomic E-state index is 13.7. The van der Waals surface area contributed by atoms with E-state index in [1.54, 1.807) is 17.0 Å². The molecule has 0 bridgehead atoms. The molecule has 8 heteroatoms. The van der Waals surface area contributed by atoms with Gasteiger partial charge in [-0.3, -0.25) is 14.8 Å². The molecule has 2 heterocycles. The van der Waals surface area contributed by atoms with Crippen molar-refractivity contribution in [3.63, 3.8) is 0 Å². The van der Waals surface area contributed by atoms with E-state index in [4.69, 9.17) is 0 Å². The lowest BCUT2D eigenvalue weighted by Crippen LogP contribution is -2.47. The molecule has 0 unspecified atom stereocenters. The van der Waals surface area contributed by atoms with Crippen LogP contribution in [0.5, 0.6) is 0 Å². The van der Waals surface area contributed by atoms with Crippen molar-refractivity contribution in [1.29, 1.82) is 0 Å². The molecule has 0 saturated carbocycles. The second-order valence-corrected chi connectivity index (χ2v) is 6.85. The maximum Gasteiger partial charge on any atom is 0.246 e. The molecule has 2 aromatic rings. The Kier molecular flexibility index (Phi) is 5.60. The number of carbonyl (C=O) groups excluding carboxylic acids is 1. The summed E-state index contributed by atoms with van der Waals surface area (Å²) in [5.41, 5.74) is 0.390. The quantitative estimate of drug-likeness (QED) is 0.790. The summed E-state index contributed by atoms with van der Waals surface area (Å²) in [6, 6.07) is 4.65. The van der Waals surface area contributed by atoms with E-state index < -0.39 is 0 Å². The van der Waals surface area contributed by atoms with Gasteiger partial charge in [-0.25, -0.2) is 9.37 Å². The first-order chi connectivity index (χ1) is 12.0. The largest absolute Gasteiger partial charge is 0.337 e. The molecule has 132 valence electrons. The van der Waals surface area contributed by atoms with Gasteiger partial charge in [0.05, 0.1) is 6.54 Å². The predicted molar refractivity (Wildman–Crippen MR) is 96.1 cm³/mol. The van der Waals surface area contributed by atoms with E-state index in [9.17, 15) is 9.18 Å². The van der Waals surface area contributed by atoms with Crippen molar-refractivity contribution < 1.29 is 9.18 Å². The fourth-order valence-electron chi connectivity index (χ4n) is 2.69. The van der Waals surface area contributed by atoms with Crippen LogP contribution in [0, 0.1) is 12.7 Å². The summed E-state index contributed by atoms with van der Waals surface area (Å²) in [6.45, 7) is 5.33. The van der Waals surface area contributed by atoms with Crippen LogP contribution in [0.25, 0.3) is 6.08 Å². The minimum Gasteiger partial charge on any atom is -0.337 e. The van der Waals surface area contributed by atoms with E-state index in [1.165, 1.54) is 18.2 Å². The first kappa shape index (κ1) is 17.8. The molecule has 1 aliphatic rings. The number of hydrogen-bond acceptors (Lipinski definition) is 4. The van der Waals surface area contributed by atoms with Gasteiger partial charge >= 0.3 is 0 Å². The number of hydrogen-bond donors (Lipinski definition) is 1. The van der Waals surface area contributed by atoms with Gasteiger partial charge in [-0.05, 0) is 31.2 Å². The number of rotatable bonds is 4. The van der Waals surface area contributed by atoms with Gasteiger partial charge in [0, 0.05) is 42.3 Å². The lowest BCUT2D eigenvalue weighted by molar-refractivity contribution is -0.127. The van der Waals surface area contributed by atoms with Gasteiger partial charge in [-0.15, -0.1) is 0 Å². The molecule has 6 nitrogen and oxygen atoms in total. The van der Waals surface area contributed by atoms with Gasteiger partial charge in [-0.2, -0.15) is 5.10 Å². The number of H-pyrrole nitrogens is 1. The Morgan fingerprint density at radius 1 is 1.36 bits per heavy atom. The van der Waals surface area contributed by atoms with Gasteiger partial charge in [0.1, 0.15) is 11.6 Å². The molecule has 1 N–H and O–H groups in total. The molecule has 0 spiro atoms. The summed E-state index contributed by atoms with van der Waals surface area (Å²) in [7, 11) is 0. The number of aromatic amines is 1. The van der Waals surface area contributed by atoms with Gasteiger partial charge in [0.15, 0.2) is 5.82 Å². The summed E-state index contributed by atoms with van der Waals surface area (Å²) in [5, 5.41) is 6.96. The first-order valence-electron chi connectivity index (χ1n) is 8.03. The van der Waals surface area contributed by atoms with Crippen LogP contribution in [0.2, 0.25) is 0 Å². The number of amides is 1. The zero-order valence-electron chi connectivity index (χ0n) is 13.9. The van der Waals surface area contributed by atoms with E-state index in [-0.39, 0.29) is 11.7 Å².